The summed E-state index contributed by atoms with van der Waals surface area (Å²) >= 11 is 0. The van der Waals surface area contributed by atoms with Crippen LogP contribution in [-0.4, -0.2) is 29.9 Å². The molecule has 2 aromatic carbocycles. The van der Waals surface area contributed by atoms with Crippen LogP contribution in [0.25, 0.3) is 0 Å². The molecule has 1 N–H and O–H groups in total. The Hall–Kier alpha value is -2.33. The molecule has 0 spiro atoms. The second-order valence-corrected chi connectivity index (χ2v) is 8.84. The molecule has 4 rings (SSSR count). The van der Waals surface area contributed by atoms with Gasteiger partial charge in [0.05, 0.1) is 0 Å². The number of likely N-dealkylation sites (tertiary alicyclic amines) is 1. The van der Waals surface area contributed by atoms with Crippen LogP contribution >= 0.6 is 0 Å². The normalized spacial score (nSPS) is 18.4. The Morgan fingerprint density at radius 3 is 2.40 bits per heavy atom. The van der Waals surface area contributed by atoms with Crippen LogP contribution in [0.15, 0.2) is 48.5 Å². The maximum atomic E-state index is 12.8. The largest absolute Gasteiger partial charge is 0.457 e. The third-order valence-corrected chi connectivity index (χ3v) is 6.56. The Morgan fingerprint density at radius 2 is 1.67 bits per heavy atom. The second-order valence-electron chi connectivity index (χ2n) is 8.84. The monoisotopic (exact) mass is 406 g/mol. The van der Waals surface area contributed by atoms with Gasteiger partial charge in [-0.15, -0.1) is 0 Å². The van der Waals surface area contributed by atoms with Crippen molar-refractivity contribution in [3.05, 3.63) is 59.7 Å². The number of benzene rings is 2. The maximum absolute atomic E-state index is 12.8. The second kappa shape index (κ2) is 10.1. The molecule has 2 fully saturated rings. The Labute approximate surface area is 180 Å². The molecule has 0 radical (unpaired) electrons. The number of rotatable bonds is 6. The van der Waals surface area contributed by atoms with Crippen molar-refractivity contribution in [1.29, 1.82) is 0 Å². The molecule has 30 heavy (non-hydrogen) atoms. The zero-order chi connectivity index (χ0) is 20.8. The van der Waals surface area contributed by atoms with Crippen LogP contribution in [0.1, 0.15) is 56.1 Å². The quantitative estimate of drug-likeness (QED) is 0.694. The van der Waals surface area contributed by atoms with Crippen molar-refractivity contribution < 1.29 is 9.53 Å². The van der Waals surface area contributed by atoms with Crippen LogP contribution in [-0.2, 0) is 11.3 Å². The van der Waals surface area contributed by atoms with Gasteiger partial charge < -0.3 is 15.0 Å². The number of hydrogen-bond donors (Lipinski definition) is 1. The molecule has 1 heterocycles. The molecule has 4 nitrogen and oxygen atoms in total. The number of nitrogens with zero attached hydrogens (tertiary/aromatic N) is 1. The molecule has 4 heteroatoms. The smallest absolute Gasteiger partial charge is 0.225 e. The van der Waals surface area contributed by atoms with Crippen molar-refractivity contribution in [2.75, 3.05) is 13.1 Å². The highest BCUT2D eigenvalue weighted by Gasteiger charge is 2.29. The van der Waals surface area contributed by atoms with Gasteiger partial charge in [-0.1, -0.05) is 55.2 Å². The Morgan fingerprint density at radius 1 is 0.967 bits per heavy atom. The molecule has 2 aliphatic rings. The zero-order valence-corrected chi connectivity index (χ0v) is 18.1. The first-order valence-electron chi connectivity index (χ1n) is 11.5. The lowest BCUT2D eigenvalue weighted by molar-refractivity contribution is -0.137. The Bertz CT molecular complexity index is 819. The van der Waals surface area contributed by atoms with Crippen molar-refractivity contribution in [3.63, 3.8) is 0 Å². The van der Waals surface area contributed by atoms with Gasteiger partial charge in [0.25, 0.3) is 0 Å². The molecule has 0 atom stereocenters. The molecule has 0 bridgehead atoms. The standard InChI is InChI=1S/C26H34N2O2/c1-20-11-13-24(14-12-20)30-25-10-6-5-9-22(25)19-27-23-15-17-28(18-16-23)26(29)21-7-3-2-4-8-21/h5-6,9-14,21,23,27H,2-4,7-8,15-19H2,1H3. The lowest BCUT2D eigenvalue weighted by atomic mass is 9.87. The fraction of sp³-hybridized carbons (Fsp3) is 0.500. The van der Waals surface area contributed by atoms with Gasteiger partial charge in [0.1, 0.15) is 11.5 Å². The molecule has 1 amide bonds. The van der Waals surface area contributed by atoms with E-state index in [9.17, 15) is 4.79 Å². The summed E-state index contributed by atoms with van der Waals surface area (Å²) in [5.74, 6) is 2.46. The minimum absolute atomic E-state index is 0.286. The van der Waals surface area contributed by atoms with Gasteiger partial charge >= 0.3 is 0 Å². The van der Waals surface area contributed by atoms with E-state index in [1.807, 2.05) is 24.3 Å². The van der Waals surface area contributed by atoms with E-state index in [1.54, 1.807) is 0 Å². The summed E-state index contributed by atoms with van der Waals surface area (Å²) in [6.07, 6.45) is 7.98. The van der Waals surface area contributed by atoms with Gasteiger partial charge in [0, 0.05) is 37.2 Å². The summed E-state index contributed by atoms with van der Waals surface area (Å²) in [7, 11) is 0. The van der Waals surface area contributed by atoms with Gasteiger partial charge in [-0.2, -0.15) is 0 Å². The number of carbonyl (C=O) groups excluding carboxylic acids is 1. The van der Waals surface area contributed by atoms with Gasteiger partial charge in [-0.25, -0.2) is 0 Å². The highest BCUT2D eigenvalue weighted by atomic mass is 16.5. The number of hydrogen-bond acceptors (Lipinski definition) is 3. The SMILES string of the molecule is Cc1ccc(Oc2ccccc2CNC2CCN(C(=O)C3CCCCC3)CC2)cc1. The van der Waals surface area contributed by atoms with E-state index in [2.05, 4.69) is 41.4 Å². The lowest BCUT2D eigenvalue weighted by Gasteiger charge is -2.35. The van der Waals surface area contributed by atoms with Crippen LogP contribution < -0.4 is 10.1 Å². The highest BCUT2D eigenvalue weighted by molar-refractivity contribution is 5.79. The molecule has 160 valence electrons. The number of piperidine rings is 1. The molecular formula is C26H34N2O2. The predicted molar refractivity (Wildman–Crippen MR) is 121 cm³/mol. The van der Waals surface area contributed by atoms with Gasteiger partial charge in [0.2, 0.25) is 5.91 Å². The first kappa shape index (κ1) is 20.9. The minimum Gasteiger partial charge on any atom is -0.457 e. The third-order valence-electron chi connectivity index (χ3n) is 6.56. The summed E-state index contributed by atoms with van der Waals surface area (Å²) in [5, 5.41) is 3.69. The summed E-state index contributed by atoms with van der Waals surface area (Å²) in [5.41, 5.74) is 2.39. The summed E-state index contributed by atoms with van der Waals surface area (Å²) in [6.45, 7) is 4.63. The topological polar surface area (TPSA) is 41.6 Å². The molecular weight excluding hydrogens is 372 g/mol. The molecule has 1 saturated carbocycles. The predicted octanol–water partition coefficient (Wildman–Crippen LogP) is 5.45. The first-order valence-corrected chi connectivity index (χ1v) is 11.5. The van der Waals surface area contributed by atoms with Crippen LogP contribution in [0.5, 0.6) is 11.5 Å². The molecule has 1 aliphatic carbocycles. The van der Waals surface area contributed by atoms with Gasteiger partial charge in [-0.3, -0.25) is 4.79 Å². The van der Waals surface area contributed by atoms with Crippen molar-refractivity contribution in [2.24, 2.45) is 5.92 Å². The molecule has 1 aliphatic heterocycles. The van der Waals surface area contributed by atoms with E-state index in [4.69, 9.17) is 4.74 Å². The number of nitrogens with one attached hydrogen (secondary N) is 1. The number of amides is 1. The summed E-state index contributed by atoms with van der Waals surface area (Å²) in [6, 6.07) is 16.8. The molecule has 0 unspecified atom stereocenters. The van der Waals surface area contributed by atoms with Crippen LogP contribution in [0.2, 0.25) is 0 Å². The van der Waals surface area contributed by atoms with E-state index in [0.29, 0.717) is 11.9 Å². The molecule has 1 saturated heterocycles. The third kappa shape index (κ3) is 5.42. The van der Waals surface area contributed by atoms with E-state index >= 15 is 0 Å². The van der Waals surface area contributed by atoms with Crippen molar-refractivity contribution in [3.8, 4) is 11.5 Å². The van der Waals surface area contributed by atoms with Crippen molar-refractivity contribution in [1.82, 2.24) is 10.2 Å². The lowest BCUT2D eigenvalue weighted by Crippen LogP contribution is -2.46. The zero-order valence-electron chi connectivity index (χ0n) is 18.1. The number of ether oxygens (including phenoxy) is 1. The fourth-order valence-electron chi connectivity index (χ4n) is 4.65. The van der Waals surface area contributed by atoms with Crippen LogP contribution in [0.4, 0.5) is 0 Å². The van der Waals surface area contributed by atoms with Crippen LogP contribution in [0.3, 0.4) is 0 Å². The van der Waals surface area contributed by atoms with E-state index < -0.39 is 0 Å². The fourth-order valence-corrected chi connectivity index (χ4v) is 4.65. The summed E-state index contributed by atoms with van der Waals surface area (Å²) < 4.78 is 6.13. The Balaban J connectivity index is 1.27. The molecule has 0 aromatic heterocycles. The maximum Gasteiger partial charge on any atom is 0.225 e. The molecule has 2 aromatic rings. The number of para-hydroxylation sites is 1. The Kier molecular flexibility index (Phi) is 7.06. The van der Waals surface area contributed by atoms with Crippen molar-refractivity contribution >= 4 is 5.91 Å². The number of carbonyl (C=O) groups is 1. The van der Waals surface area contributed by atoms with Gasteiger partial charge in [-0.05, 0) is 50.8 Å². The highest BCUT2D eigenvalue weighted by Crippen LogP contribution is 2.28. The summed E-state index contributed by atoms with van der Waals surface area (Å²) in [4.78, 5) is 14.9. The van der Waals surface area contributed by atoms with Crippen molar-refractivity contribution in [2.45, 2.75) is 64.5 Å². The average Bonchev–Trinajstić information content (AvgIpc) is 2.80. The van der Waals surface area contributed by atoms with Gasteiger partial charge in [0.15, 0.2) is 0 Å². The first-order chi connectivity index (χ1) is 14.7. The van der Waals surface area contributed by atoms with E-state index in [-0.39, 0.29) is 5.92 Å². The average molecular weight is 407 g/mol. The van der Waals surface area contributed by atoms with E-state index in [0.717, 1.165) is 56.8 Å². The van der Waals surface area contributed by atoms with Crippen LogP contribution in [0, 0.1) is 12.8 Å². The van der Waals surface area contributed by atoms with E-state index in [1.165, 1.54) is 30.4 Å². The number of aryl methyl sites for hydroxylation is 1. The minimum atomic E-state index is 0.286.